The zero-order chi connectivity index (χ0) is 15.4. The van der Waals surface area contributed by atoms with E-state index in [9.17, 15) is 9.18 Å². The van der Waals surface area contributed by atoms with Gasteiger partial charge < -0.3 is 0 Å². The minimum atomic E-state index is -0.266. The largest absolute Gasteiger partial charge is 0.287 e. The maximum atomic E-state index is 12.9. The van der Waals surface area contributed by atoms with Crippen molar-refractivity contribution in [1.29, 1.82) is 0 Å². The summed E-state index contributed by atoms with van der Waals surface area (Å²) in [7, 11) is 0. The molecule has 0 saturated heterocycles. The highest BCUT2D eigenvalue weighted by atomic mass is 32.2. The van der Waals surface area contributed by atoms with Gasteiger partial charge in [-0.15, -0.1) is 0 Å². The van der Waals surface area contributed by atoms with Crippen molar-refractivity contribution in [2.24, 2.45) is 0 Å². The standard InChI is InChI=1S/C17H13FN2OS/c18-14-8-6-13(7-9-14)12-22-16-17(21)20(11-10-19-16)15-4-2-1-3-5-15/h1-11H,12H2. The van der Waals surface area contributed by atoms with Crippen LogP contribution in [0, 0.1) is 5.82 Å². The van der Waals surface area contributed by atoms with Crippen molar-refractivity contribution in [3.05, 3.63) is 88.7 Å². The maximum Gasteiger partial charge on any atom is 0.287 e. The molecular formula is C17H13FN2OS. The summed E-state index contributed by atoms with van der Waals surface area (Å²) >= 11 is 1.35. The summed E-state index contributed by atoms with van der Waals surface area (Å²) in [5, 5.41) is 0.427. The molecule has 3 aromatic rings. The number of para-hydroxylation sites is 1. The molecular weight excluding hydrogens is 299 g/mol. The van der Waals surface area contributed by atoms with E-state index in [1.54, 1.807) is 29.1 Å². The van der Waals surface area contributed by atoms with Crippen LogP contribution in [-0.4, -0.2) is 9.55 Å². The van der Waals surface area contributed by atoms with Crippen LogP contribution in [0.15, 0.2) is 76.8 Å². The highest BCUT2D eigenvalue weighted by Gasteiger charge is 2.07. The molecule has 0 aliphatic heterocycles. The van der Waals surface area contributed by atoms with Gasteiger partial charge in [0.15, 0.2) is 5.03 Å². The Morgan fingerprint density at radius 2 is 1.77 bits per heavy atom. The van der Waals surface area contributed by atoms with Crippen molar-refractivity contribution in [1.82, 2.24) is 9.55 Å². The topological polar surface area (TPSA) is 34.9 Å². The van der Waals surface area contributed by atoms with Crippen molar-refractivity contribution in [2.75, 3.05) is 0 Å². The molecule has 5 heteroatoms. The normalized spacial score (nSPS) is 10.6. The van der Waals surface area contributed by atoms with E-state index in [1.165, 1.54) is 23.9 Å². The lowest BCUT2D eigenvalue weighted by atomic mass is 10.2. The number of halogens is 1. The first-order valence-electron chi connectivity index (χ1n) is 6.74. The van der Waals surface area contributed by atoms with Gasteiger partial charge in [0.2, 0.25) is 0 Å². The van der Waals surface area contributed by atoms with Gasteiger partial charge in [0.05, 0.1) is 0 Å². The Balaban J connectivity index is 1.83. The van der Waals surface area contributed by atoms with Gasteiger partial charge in [0, 0.05) is 23.8 Å². The molecule has 0 spiro atoms. The quantitative estimate of drug-likeness (QED) is 0.690. The summed E-state index contributed by atoms with van der Waals surface area (Å²) in [6, 6.07) is 15.7. The highest BCUT2D eigenvalue weighted by molar-refractivity contribution is 7.98. The predicted molar refractivity (Wildman–Crippen MR) is 85.8 cm³/mol. The smallest absolute Gasteiger partial charge is 0.280 e. The Bertz CT molecular complexity index is 816. The fraction of sp³-hybridized carbons (Fsp3) is 0.0588. The first kappa shape index (κ1) is 14.5. The van der Waals surface area contributed by atoms with Crippen LogP contribution in [0.4, 0.5) is 4.39 Å². The summed E-state index contributed by atoms with van der Waals surface area (Å²) in [5.74, 6) is 0.305. The van der Waals surface area contributed by atoms with Crippen molar-refractivity contribution in [3.63, 3.8) is 0 Å². The molecule has 22 heavy (non-hydrogen) atoms. The van der Waals surface area contributed by atoms with Crippen molar-refractivity contribution >= 4 is 11.8 Å². The van der Waals surface area contributed by atoms with Gasteiger partial charge in [-0.1, -0.05) is 42.1 Å². The van der Waals surface area contributed by atoms with E-state index >= 15 is 0 Å². The fourth-order valence-corrected chi connectivity index (χ4v) is 2.87. The Labute approximate surface area is 131 Å². The van der Waals surface area contributed by atoms with Gasteiger partial charge in [-0.25, -0.2) is 9.37 Å². The van der Waals surface area contributed by atoms with Gasteiger partial charge >= 0.3 is 0 Å². The number of nitrogens with zero attached hydrogens (tertiary/aromatic N) is 2. The lowest BCUT2D eigenvalue weighted by Gasteiger charge is -2.07. The molecule has 0 atom stereocenters. The number of rotatable bonds is 4. The molecule has 0 radical (unpaired) electrons. The van der Waals surface area contributed by atoms with Crippen LogP contribution in [-0.2, 0) is 5.75 Å². The molecule has 3 rings (SSSR count). The number of thioether (sulfide) groups is 1. The van der Waals surface area contributed by atoms with Crippen LogP contribution in [0.2, 0.25) is 0 Å². The molecule has 3 nitrogen and oxygen atoms in total. The summed E-state index contributed by atoms with van der Waals surface area (Å²) in [4.78, 5) is 16.6. The van der Waals surface area contributed by atoms with E-state index in [-0.39, 0.29) is 11.4 Å². The lowest BCUT2D eigenvalue weighted by Crippen LogP contribution is -2.20. The maximum absolute atomic E-state index is 12.9. The highest BCUT2D eigenvalue weighted by Crippen LogP contribution is 2.18. The van der Waals surface area contributed by atoms with E-state index in [0.717, 1.165) is 11.3 Å². The van der Waals surface area contributed by atoms with E-state index < -0.39 is 0 Å². The summed E-state index contributed by atoms with van der Waals surface area (Å²) in [5.41, 5.74) is 1.60. The van der Waals surface area contributed by atoms with E-state index in [4.69, 9.17) is 0 Å². The third-order valence-corrected chi connectivity index (χ3v) is 4.16. The zero-order valence-electron chi connectivity index (χ0n) is 11.6. The third kappa shape index (κ3) is 3.26. The zero-order valence-corrected chi connectivity index (χ0v) is 12.5. The number of hydrogen-bond donors (Lipinski definition) is 0. The second kappa shape index (κ2) is 6.58. The van der Waals surface area contributed by atoms with Gasteiger partial charge in [-0.3, -0.25) is 9.36 Å². The molecule has 0 aliphatic rings. The molecule has 0 fully saturated rings. The third-order valence-electron chi connectivity index (χ3n) is 3.13. The van der Waals surface area contributed by atoms with Gasteiger partial charge in [-0.2, -0.15) is 0 Å². The van der Waals surface area contributed by atoms with E-state index in [2.05, 4.69) is 4.98 Å². The van der Waals surface area contributed by atoms with Crippen LogP contribution >= 0.6 is 11.8 Å². The minimum Gasteiger partial charge on any atom is -0.280 e. The summed E-state index contributed by atoms with van der Waals surface area (Å²) in [6.07, 6.45) is 3.26. The van der Waals surface area contributed by atoms with Gasteiger partial charge in [0.25, 0.3) is 5.56 Å². The first-order chi connectivity index (χ1) is 10.7. The molecule has 110 valence electrons. The molecule has 2 aromatic carbocycles. The minimum absolute atomic E-state index is 0.152. The van der Waals surface area contributed by atoms with Crippen LogP contribution in [0.1, 0.15) is 5.56 Å². The Kier molecular flexibility index (Phi) is 4.34. The monoisotopic (exact) mass is 312 g/mol. The second-order valence-electron chi connectivity index (χ2n) is 4.66. The van der Waals surface area contributed by atoms with Crippen molar-refractivity contribution < 1.29 is 4.39 Å². The van der Waals surface area contributed by atoms with Gasteiger partial charge in [0.1, 0.15) is 5.82 Å². The molecule has 1 aromatic heterocycles. The molecule has 0 amide bonds. The Morgan fingerprint density at radius 3 is 2.50 bits per heavy atom. The van der Waals surface area contributed by atoms with E-state index in [1.807, 2.05) is 30.3 Å². The molecule has 0 N–H and O–H groups in total. The SMILES string of the molecule is O=c1c(SCc2ccc(F)cc2)nccn1-c1ccccc1. The van der Waals surface area contributed by atoms with Crippen LogP contribution in [0.5, 0.6) is 0 Å². The Hall–Kier alpha value is -2.40. The average molecular weight is 312 g/mol. The number of benzene rings is 2. The predicted octanol–water partition coefficient (Wildman–Crippen LogP) is 3.66. The van der Waals surface area contributed by atoms with Gasteiger partial charge in [-0.05, 0) is 29.8 Å². The summed E-state index contributed by atoms with van der Waals surface area (Å²) in [6.45, 7) is 0. The van der Waals surface area contributed by atoms with Crippen molar-refractivity contribution in [3.8, 4) is 5.69 Å². The average Bonchev–Trinajstić information content (AvgIpc) is 2.56. The molecule has 0 bridgehead atoms. The number of aromatic nitrogens is 2. The fourth-order valence-electron chi connectivity index (χ4n) is 2.02. The molecule has 0 saturated carbocycles. The van der Waals surface area contributed by atoms with Crippen LogP contribution in [0.3, 0.4) is 0 Å². The number of hydrogen-bond acceptors (Lipinski definition) is 3. The second-order valence-corrected chi connectivity index (χ2v) is 5.62. The first-order valence-corrected chi connectivity index (χ1v) is 7.73. The van der Waals surface area contributed by atoms with Crippen molar-refractivity contribution in [2.45, 2.75) is 10.8 Å². The Morgan fingerprint density at radius 1 is 1.05 bits per heavy atom. The van der Waals surface area contributed by atoms with Crippen LogP contribution < -0.4 is 5.56 Å². The molecule has 0 aliphatic carbocycles. The van der Waals surface area contributed by atoms with Crippen LogP contribution in [0.25, 0.3) is 5.69 Å². The lowest BCUT2D eigenvalue weighted by molar-refractivity contribution is 0.627. The molecule has 0 unspecified atom stereocenters. The summed E-state index contributed by atoms with van der Waals surface area (Å²) < 4.78 is 14.5. The molecule has 1 heterocycles. The van der Waals surface area contributed by atoms with E-state index in [0.29, 0.717) is 10.8 Å².